The number of fused-ring (bicyclic) bond motifs is 1. The van der Waals surface area contributed by atoms with Crippen LogP contribution in [0.5, 0.6) is 11.5 Å². The van der Waals surface area contributed by atoms with Crippen LogP contribution in [0.15, 0.2) is 71.6 Å². The van der Waals surface area contributed by atoms with Gasteiger partial charge in [-0.25, -0.2) is 17.2 Å². The van der Waals surface area contributed by atoms with Crippen molar-refractivity contribution in [1.82, 2.24) is 10.2 Å². The zero-order valence-corrected chi connectivity index (χ0v) is 24.4. The molecule has 3 aromatic carbocycles. The number of carbonyl (C=O) groups is 2. The molecule has 0 radical (unpaired) electrons. The Morgan fingerprint density at radius 3 is 2.29 bits per heavy atom. The van der Waals surface area contributed by atoms with Crippen molar-refractivity contribution >= 4 is 27.5 Å². The van der Waals surface area contributed by atoms with Crippen LogP contribution in [0.1, 0.15) is 32.8 Å². The van der Waals surface area contributed by atoms with Crippen LogP contribution in [0, 0.1) is 11.6 Å². The van der Waals surface area contributed by atoms with E-state index in [9.17, 15) is 26.8 Å². The largest absolute Gasteiger partial charge is 0.486 e. The van der Waals surface area contributed by atoms with Crippen molar-refractivity contribution in [1.29, 1.82) is 0 Å². The minimum atomic E-state index is -4.43. The molecule has 1 heterocycles. The third-order valence-electron chi connectivity index (χ3n) is 6.96. The zero-order chi connectivity index (χ0) is 30.4. The van der Waals surface area contributed by atoms with E-state index in [0.717, 1.165) is 21.3 Å². The van der Waals surface area contributed by atoms with Gasteiger partial charge in [-0.2, -0.15) is 0 Å². The van der Waals surface area contributed by atoms with Crippen molar-refractivity contribution in [2.75, 3.05) is 24.1 Å². The molecule has 0 spiro atoms. The first kappa shape index (κ1) is 30.8. The fraction of sp³-hybridized carbons (Fsp3) is 0.333. The molecule has 0 aromatic heterocycles. The maximum Gasteiger partial charge on any atom is 0.264 e. The Balaban J connectivity index is 1.72. The van der Waals surface area contributed by atoms with Crippen LogP contribution in [-0.2, 0) is 26.2 Å². The van der Waals surface area contributed by atoms with Gasteiger partial charge < -0.3 is 19.7 Å². The van der Waals surface area contributed by atoms with Gasteiger partial charge in [-0.05, 0) is 62.7 Å². The number of nitrogens with zero attached hydrogens (tertiary/aromatic N) is 2. The molecule has 1 N–H and O–H groups in total. The van der Waals surface area contributed by atoms with E-state index in [4.69, 9.17) is 9.47 Å². The summed E-state index contributed by atoms with van der Waals surface area (Å²) in [6, 6.07) is 13.3. The van der Waals surface area contributed by atoms with Crippen LogP contribution in [0.2, 0.25) is 0 Å². The summed E-state index contributed by atoms with van der Waals surface area (Å²) >= 11 is 0. The van der Waals surface area contributed by atoms with Crippen molar-refractivity contribution in [3.63, 3.8) is 0 Å². The second-order valence-electron chi connectivity index (χ2n) is 9.90. The lowest BCUT2D eigenvalue weighted by atomic mass is 10.1. The average molecular weight is 602 g/mol. The first-order valence-corrected chi connectivity index (χ1v) is 15.0. The lowest BCUT2D eigenvalue weighted by Gasteiger charge is -2.32. The fourth-order valence-electron chi connectivity index (χ4n) is 4.31. The first-order chi connectivity index (χ1) is 20.0. The van der Waals surface area contributed by atoms with Gasteiger partial charge in [0.05, 0.1) is 10.6 Å². The minimum absolute atomic E-state index is 0.0159. The molecule has 3 aromatic rings. The Labute approximate surface area is 244 Å². The highest BCUT2D eigenvalue weighted by Gasteiger charge is 2.34. The SMILES string of the molecule is CC[C@H](C)NC(=O)[C@H](C)N(Cc1ccccc1F)C(=O)CN(c1ccc(F)cc1)S(=O)(=O)c1ccc2c(c1)OCCO2. The lowest BCUT2D eigenvalue weighted by molar-refractivity contribution is -0.139. The summed E-state index contributed by atoms with van der Waals surface area (Å²) in [7, 11) is -4.43. The second-order valence-corrected chi connectivity index (χ2v) is 11.8. The molecule has 9 nitrogen and oxygen atoms in total. The van der Waals surface area contributed by atoms with Crippen molar-refractivity contribution < 1.29 is 36.3 Å². The fourth-order valence-corrected chi connectivity index (χ4v) is 5.74. The predicted octanol–water partition coefficient (Wildman–Crippen LogP) is 4.26. The van der Waals surface area contributed by atoms with Crippen molar-refractivity contribution in [2.24, 2.45) is 0 Å². The number of rotatable bonds is 11. The molecule has 0 unspecified atom stereocenters. The topological polar surface area (TPSA) is 105 Å². The Morgan fingerprint density at radius 1 is 0.952 bits per heavy atom. The molecule has 42 heavy (non-hydrogen) atoms. The van der Waals surface area contributed by atoms with Crippen LogP contribution in [-0.4, -0.2) is 57.0 Å². The number of ether oxygens (including phenoxy) is 2. The van der Waals surface area contributed by atoms with Gasteiger partial charge in [0.25, 0.3) is 10.0 Å². The molecule has 1 aliphatic heterocycles. The van der Waals surface area contributed by atoms with E-state index in [1.54, 1.807) is 6.07 Å². The highest BCUT2D eigenvalue weighted by Crippen LogP contribution is 2.34. The van der Waals surface area contributed by atoms with Crippen LogP contribution in [0.4, 0.5) is 14.5 Å². The quantitative estimate of drug-likeness (QED) is 0.352. The summed E-state index contributed by atoms with van der Waals surface area (Å²) in [6.07, 6.45) is 0.645. The molecule has 2 amide bonds. The second kappa shape index (κ2) is 13.2. The summed E-state index contributed by atoms with van der Waals surface area (Å²) in [5.41, 5.74) is 0.166. The highest BCUT2D eigenvalue weighted by molar-refractivity contribution is 7.92. The van der Waals surface area contributed by atoms with Gasteiger partial charge in [0.1, 0.15) is 37.4 Å². The normalized spacial score (nSPS) is 14.0. The number of carbonyl (C=O) groups excluding carboxylic acids is 2. The zero-order valence-electron chi connectivity index (χ0n) is 23.5. The standard InChI is InChI=1S/C30H33F2N3O6S/c1-4-20(2)33-30(37)21(3)34(18-22-7-5-6-8-26(22)32)29(36)19-35(24-11-9-23(31)10-12-24)42(38,39)25-13-14-27-28(17-25)41-16-15-40-27/h5-14,17,20-21H,4,15-16,18-19H2,1-3H3,(H,33,37)/t20-,21-/m0/s1. The van der Waals surface area contributed by atoms with Gasteiger partial charge in [0.15, 0.2) is 11.5 Å². The molecule has 2 atom stereocenters. The van der Waals surface area contributed by atoms with Gasteiger partial charge in [-0.15, -0.1) is 0 Å². The maximum atomic E-state index is 14.7. The van der Waals surface area contributed by atoms with Crippen LogP contribution < -0.4 is 19.1 Å². The Morgan fingerprint density at radius 2 is 1.62 bits per heavy atom. The van der Waals surface area contributed by atoms with Crippen molar-refractivity contribution in [3.8, 4) is 11.5 Å². The van der Waals surface area contributed by atoms with Gasteiger partial charge in [-0.1, -0.05) is 25.1 Å². The number of hydrogen-bond acceptors (Lipinski definition) is 6. The van der Waals surface area contributed by atoms with E-state index in [1.165, 1.54) is 55.5 Å². The van der Waals surface area contributed by atoms with E-state index < -0.39 is 46.1 Å². The van der Waals surface area contributed by atoms with E-state index in [-0.39, 0.29) is 41.1 Å². The van der Waals surface area contributed by atoms with Gasteiger partial charge in [-0.3, -0.25) is 13.9 Å². The molecule has 0 bridgehead atoms. The summed E-state index contributed by atoms with van der Waals surface area (Å²) in [6.45, 7) is 4.70. The van der Waals surface area contributed by atoms with Crippen LogP contribution in [0.25, 0.3) is 0 Å². The molecule has 224 valence electrons. The third-order valence-corrected chi connectivity index (χ3v) is 8.73. The number of halogens is 2. The molecule has 0 fully saturated rings. The number of nitrogens with one attached hydrogen (secondary N) is 1. The summed E-state index contributed by atoms with van der Waals surface area (Å²) in [4.78, 5) is 27.9. The van der Waals surface area contributed by atoms with Gasteiger partial charge >= 0.3 is 0 Å². The average Bonchev–Trinajstić information content (AvgIpc) is 2.99. The van der Waals surface area contributed by atoms with E-state index in [1.807, 2.05) is 13.8 Å². The van der Waals surface area contributed by atoms with Crippen LogP contribution in [0.3, 0.4) is 0 Å². The Kier molecular flexibility index (Phi) is 9.66. The van der Waals surface area contributed by atoms with Crippen molar-refractivity contribution in [3.05, 3.63) is 83.9 Å². The number of hydrogen-bond donors (Lipinski definition) is 1. The molecular weight excluding hydrogens is 568 g/mol. The third kappa shape index (κ3) is 6.99. The smallest absolute Gasteiger partial charge is 0.264 e. The first-order valence-electron chi connectivity index (χ1n) is 13.5. The predicted molar refractivity (Wildman–Crippen MR) is 153 cm³/mol. The molecule has 12 heteroatoms. The molecule has 0 saturated carbocycles. The van der Waals surface area contributed by atoms with Crippen LogP contribution >= 0.6 is 0 Å². The minimum Gasteiger partial charge on any atom is -0.486 e. The number of benzene rings is 3. The molecule has 1 aliphatic rings. The number of sulfonamides is 1. The highest BCUT2D eigenvalue weighted by atomic mass is 32.2. The Bertz CT molecular complexity index is 1530. The summed E-state index contributed by atoms with van der Waals surface area (Å²) in [5, 5.41) is 2.82. The van der Waals surface area contributed by atoms with Crippen molar-refractivity contribution in [2.45, 2.75) is 50.7 Å². The van der Waals surface area contributed by atoms with Gasteiger partial charge in [0.2, 0.25) is 11.8 Å². The lowest BCUT2D eigenvalue weighted by Crippen LogP contribution is -2.52. The van der Waals surface area contributed by atoms with E-state index in [0.29, 0.717) is 18.8 Å². The summed E-state index contributed by atoms with van der Waals surface area (Å²) < 4.78 is 68.3. The van der Waals surface area contributed by atoms with E-state index in [2.05, 4.69) is 5.32 Å². The van der Waals surface area contributed by atoms with E-state index >= 15 is 0 Å². The number of anilines is 1. The molecule has 0 saturated heterocycles. The molecule has 4 rings (SSSR count). The molecular formula is C30H33F2N3O6S. The number of amides is 2. The Hall–Kier alpha value is -4.19. The summed E-state index contributed by atoms with van der Waals surface area (Å²) in [5.74, 6) is -1.82. The van der Waals surface area contributed by atoms with Gasteiger partial charge in [0, 0.05) is 24.2 Å². The maximum absolute atomic E-state index is 14.7. The molecule has 0 aliphatic carbocycles. The monoisotopic (exact) mass is 601 g/mol.